The van der Waals surface area contributed by atoms with Crippen LogP contribution in [-0.4, -0.2) is 19.1 Å². The molecule has 1 aromatic heterocycles. The predicted molar refractivity (Wildman–Crippen MR) is 130 cm³/mol. The first-order chi connectivity index (χ1) is 15.9. The van der Waals surface area contributed by atoms with Crippen LogP contribution in [0.1, 0.15) is 6.92 Å². The molecular formula is C25H19Cl2NO5. The number of carbonyl (C=O) groups is 1. The van der Waals surface area contributed by atoms with E-state index in [2.05, 4.69) is 5.32 Å². The van der Waals surface area contributed by atoms with Gasteiger partial charge in [0.15, 0.2) is 6.10 Å². The number of hydrogen-bond acceptors (Lipinski definition) is 5. The molecule has 4 aromatic rings. The Kier molecular flexibility index (Phi) is 6.58. The molecule has 0 spiro atoms. The van der Waals surface area contributed by atoms with Crippen molar-refractivity contribution in [1.82, 2.24) is 0 Å². The van der Waals surface area contributed by atoms with Gasteiger partial charge in [-0.2, -0.15) is 0 Å². The smallest absolute Gasteiger partial charge is 0.344 e. The van der Waals surface area contributed by atoms with E-state index in [9.17, 15) is 9.59 Å². The summed E-state index contributed by atoms with van der Waals surface area (Å²) in [5.41, 5.74) is 1.41. The van der Waals surface area contributed by atoms with Crippen LogP contribution in [0.4, 0.5) is 5.69 Å². The summed E-state index contributed by atoms with van der Waals surface area (Å²) in [5, 5.41) is 4.34. The molecule has 6 nitrogen and oxygen atoms in total. The van der Waals surface area contributed by atoms with E-state index in [1.54, 1.807) is 55.5 Å². The van der Waals surface area contributed by atoms with Gasteiger partial charge in [-0.15, -0.1) is 0 Å². The van der Waals surface area contributed by atoms with Crippen molar-refractivity contribution in [3.63, 3.8) is 0 Å². The molecule has 0 saturated heterocycles. The van der Waals surface area contributed by atoms with Gasteiger partial charge >= 0.3 is 5.63 Å². The number of amides is 1. The number of nitrogens with one attached hydrogen (secondary N) is 1. The first-order valence-corrected chi connectivity index (χ1v) is 10.7. The lowest BCUT2D eigenvalue weighted by Gasteiger charge is -2.17. The Balaban J connectivity index is 1.56. The predicted octanol–water partition coefficient (Wildman–Crippen LogP) is 6.18. The Morgan fingerprint density at radius 3 is 2.52 bits per heavy atom. The number of rotatable bonds is 6. The molecule has 0 saturated carbocycles. The molecule has 3 aromatic carbocycles. The number of hydrogen-bond donors (Lipinski definition) is 1. The number of methoxy groups -OCH3 is 1. The summed E-state index contributed by atoms with van der Waals surface area (Å²) >= 11 is 12.0. The Bertz CT molecular complexity index is 1400. The van der Waals surface area contributed by atoms with Gasteiger partial charge in [0, 0.05) is 27.7 Å². The fourth-order valence-electron chi connectivity index (χ4n) is 3.30. The zero-order chi connectivity index (χ0) is 23.5. The second-order valence-electron chi connectivity index (χ2n) is 7.22. The Hall–Kier alpha value is -3.48. The molecule has 0 bridgehead atoms. The van der Waals surface area contributed by atoms with Crippen LogP contribution >= 0.6 is 23.2 Å². The topological polar surface area (TPSA) is 77.8 Å². The van der Waals surface area contributed by atoms with Gasteiger partial charge in [0.1, 0.15) is 17.1 Å². The summed E-state index contributed by atoms with van der Waals surface area (Å²) < 4.78 is 16.6. The van der Waals surface area contributed by atoms with Gasteiger partial charge in [-0.05, 0) is 49.4 Å². The molecule has 0 radical (unpaired) electrons. The van der Waals surface area contributed by atoms with Crippen molar-refractivity contribution in [2.45, 2.75) is 13.0 Å². The standard InChI is InChI=1S/C25H19Cl2NO5/c1-14(32-22-10-7-16(26)12-20(22)27)24(29)28-17-8-9-18(23(13-17)31-2)19-11-15-5-3-4-6-21(15)33-25(19)30/h3-14H,1-2H3,(H,28,29)/t14-/m0/s1. The van der Waals surface area contributed by atoms with E-state index in [0.29, 0.717) is 43.9 Å². The molecule has 1 N–H and O–H groups in total. The van der Waals surface area contributed by atoms with Crippen LogP contribution in [0, 0.1) is 0 Å². The van der Waals surface area contributed by atoms with E-state index in [4.69, 9.17) is 37.1 Å². The third-order valence-electron chi connectivity index (χ3n) is 4.97. The molecule has 0 aliphatic carbocycles. The molecule has 1 atom stereocenters. The zero-order valence-electron chi connectivity index (χ0n) is 17.7. The van der Waals surface area contributed by atoms with Gasteiger partial charge in [-0.1, -0.05) is 41.4 Å². The van der Waals surface area contributed by atoms with Gasteiger partial charge in [0.05, 0.1) is 17.7 Å². The number of anilines is 1. The molecule has 0 unspecified atom stereocenters. The molecule has 33 heavy (non-hydrogen) atoms. The maximum Gasteiger partial charge on any atom is 0.344 e. The number of ether oxygens (including phenoxy) is 2. The fraction of sp³-hybridized carbons (Fsp3) is 0.120. The zero-order valence-corrected chi connectivity index (χ0v) is 19.2. The summed E-state index contributed by atoms with van der Waals surface area (Å²) in [5.74, 6) is 0.366. The van der Waals surface area contributed by atoms with Crippen molar-refractivity contribution in [3.8, 4) is 22.6 Å². The van der Waals surface area contributed by atoms with E-state index in [1.807, 2.05) is 12.1 Å². The van der Waals surface area contributed by atoms with E-state index in [-0.39, 0.29) is 5.91 Å². The van der Waals surface area contributed by atoms with Crippen LogP contribution in [0.3, 0.4) is 0 Å². The van der Waals surface area contributed by atoms with Crippen LogP contribution in [0.15, 0.2) is 75.9 Å². The van der Waals surface area contributed by atoms with Crippen molar-refractivity contribution in [3.05, 3.63) is 87.2 Å². The fourth-order valence-corrected chi connectivity index (χ4v) is 3.75. The quantitative estimate of drug-likeness (QED) is 0.331. The van der Waals surface area contributed by atoms with Gasteiger partial charge in [-0.3, -0.25) is 4.79 Å². The minimum absolute atomic E-state index is 0.308. The Labute approximate surface area is 199 Å². The molecule has 4 rings (SSSR count). The number of carbonyl (C=O) groups excluding carboxylic acids is 1. The lowest BCUT2D eigenvalue weighted by atomic mass is 10.0. The van der Waals surface area contributed by atoms with Crippen molar-refractivity contribution in [1.29, 1.82) is 0 Å². The van der Waals surface area contributed by atoms with Crippen molar-refractivity contribution >= 4 is 45.8 Å². The largest absolute Gasteiger partial charge is 0.496 e. The minimum Gasteiger partial charge on any atom is -0.496 e. The molecule has 1 amide bonds. The van der Waals surface area contributed by atoms with Crippen molar-refractivity contribution < 1.29 is 18.7 Å². The maximum atomic E-state index is 12.6. The summed E-state index contributed by atoms with van der Waals surface area (Å²) in [7, 11) is 1.49. The Morgan fingerprint density at radius 1 is 0.970 bits per heavy atom. The maximum absolute atomic E-state index is 12.6. The van der Waals surface area contributed by atoms with E-state index in [0.717, 1.165) is 5.39 Å². The molecule has 0 aliphatic heterocycles. The van der Waals surface area contributed by atoms with Crippen LogP contribution in [0.2, 0.25) is 10.0 Å². The molecule has 8 heteroatoms. The monoisotopic (exact) mass is 483 g/mol. The molecular weight excluding hydrogens is 465 g/mol. The minimum atomic E-state index is -0.832. The Morgan fingerprint density at radius 2 is 1.76 bits per heavy atom. The summed E-state index contributed by atoms with van der Waals surface area (Å²) in [4.78, 5) is 25.2. The third-order valence-corrected chi connectivity index (χ3v) is 5.50. The highest BCUT2D eigenvalue weighted by atomic mass is 35.5. The summed E-state index contributed by atoms with van der Waals surface area (Å²) in [6.07, 6.45) is -0.832. The highest BCUT2D eigenvalue weighted by Crippen LogP contribution is 2.33. The normalized spacial score (nSPS) is 11.8. The molecule has 1 heterocycles. The van der Waals surface area contributed by atoms with E-state index in [1.165, 1.54) is 13.2 Å². The second-order valence-corrected chi connectivity index (χ2v) is 8.07. The highest BCUT2D eigenvalue weighted by molar-refractivity contribution is 6.35. The van der Waals surface area contributed by atoms with Gasteiger partial charge < -0.3 is 19.2 Å². The highest BCUT2D eigenvalue weighted by Gasteiger charge is 2.18. The first kappa shape index (κ1) is 22.7. The summed E-state index contributed by atoms with van der Waals surface area (Å²) in [6.45, 7) is 1.60. The number of fused-ring (bicyclic) bond motifs is 1. The number of para-hydroxylation sites is 1. The lowest BCUT2D eigenvalue weighted by Crippen LogP contribution is -2.30. The third kappa shape index (κ3) is 4.97. The van der Waals surface area contributed by atoms with Gasteiger partial charge in [-0.25, -0.2) is 4.79 Å². The molecule has 0 fully saturated rings. The summed E-state index contributed by atoms with van der Waals surface area (Å²) in [6, 6.07) is 18.8. The van der Waals surface area contributed by atoms with Crippen LogP contribution in [0.5, 0.6) is 11.5 Å². The SMILES string of the molecule is COc1cc(NC(=O)[C@H](C)Oc2ccc(Cl)cc2Cl)ccc1-c1cc2ccccc2oc1=O. The first-order valence-electron chi connectivity index (χ1n) is 9.99. The second kappa shape index (κ2) is 9.57. The molecule has 168 valence electrons. The average molecular weight is 484 g/mol. The van der Waals surface area contributed by atoms with Crippen molar-refractivity contribution in [2.75, 3.05) is 12.4 Å². The lowest BCUT2D eigenvalue weighted by molar-refractivity contribution is -0.122. The average Bonchev–Trinajstić information content (AvgIpc) is 2.80. The van der Waals surface area contributed by atoms with Crippen LogP contribution < -0.4 is 20.4 Å². The number of halogens is 2. The van der Waals surface area contributed by atoms with E-state index >= 15 is 0 Å². The van der Waals surface area contributed by atoms with Gasteiger partial charge in [0.2, 0.25) is 0 Å². The van der Waals surface area contributed by atoms with Gasteiger partial charge in [0.25, 0.3) is 5.91 Å². The van der Waals surface area contributed by atoms with E-state index < -0.39 is 11.7 Å². The molecule has 0 aliphatic rings. The van der Waals surface area contributed by atoms with Crippen LogP contribution in [0.25, 0.3) is 22.1 Å². The van der Waals surface area contributed by atoms with Crippen molar-refractivity contribution in [2.24, 2.45) is 0 Å². The number of benzene rings is 3. The van der Waals surface area contributed by atoms with Crippen LogP contribution in [-0.2, 0) is 4.79 Å².